The molecule has 2 N–H and O–H groups in total. The third kappa shape index (κ3) is 5.54. The molecule has 1 atom stereocenters. The minimum absolute atomic E-state index is 0.669. The van der Waals surface area contributed by atoms with E-state index in [0.29, 0.717) is 12.5 Å². The van der Waals surface area contributed by atoms with E-state index in [1.165, 1.54) is 24.0 Å². The topological polar surface area (TPSA) is 44.9 Å². The molecule has 1 heterocycles. The van der Waals surface area contributed by atoms with Crippen LogP contribution in [0.4, 0.5) is 0 Å². The van der Waals surface area contributed by atoms with Crippen molar-refractivity contribution in [2.75, 3.05) is 26.2 Å². The first-order valence-electron chi connectivity index (χ1n) is 8.97. The maximum absolute atomic E-state index is 6.16. The van der Waals surface area contributed by atoms with Crippen LogP contribution in [0, 0.1) is 5.92 Å². The second-order valence-corrected chi connectivity index (χ2v) is 6.65. The number of hydrogen-bond acceptors (Lipinski definition) is 2. The number of piperidine rings is 1. The van der Waals surface area contributed by atoms with Crippen molar-refractivity contribution in [2.24, 2.45) is 16.6 Å². The summed E-state index contributed by atoms with van der Waals surface area (Å²) in [5.41, 5.74) is 8.74. The van der Waals surface area contributed by atoms with Crippen molar-refractivity contribution in [2.45, 2.75) is 46.7 Å². The summed E-state index contributed by atoms with van der Waals surface area (Å²) in [5, 5.41) is 0. The van der Waals surface area contributed by atoms with E-state index >= 15 is 0 Å². The average Bonchev–Trinajstić information content (AvgIpc) is 2.58. The van der Waals surface area contributed by atoms with Crippen LogP contribution >= 0.6 is 0 Å². The Morgan fingerprint density at radius 1 is 1.22 bits per heavy atom. The van der Waals surface area contributed by atoms with Crippen LogP contribution in [0.5, 0.6) is 0 Å². The molecule has 0 amide bonds. The summed E-state index contributed by atoms with van der Waals surface area (Å²) in [6, 6.07) is 8.77. The molecule has 23 heavy (non-hydrogen) atoms. The molecule has 0 aromatic heterocycles. The van der Waals surface area contributed by atoms with Gasteiger partial charge in [-0.25, -0.2) is 4.99 Å². The summed E-state index contributed by atoms with van der Waals surface area (Å²) >= 11 is 0. The molecule has 2 rings (SSSR count). The zero-order chi connectivity index (χ0) is 16.7. The highest BCUT2D eigenvalue weighted by Crippen LogP contribution is 2.15. The van der Waals surface area contributed by atoms with Crippen molar-refractivity contribution < 1.29 is 0 Å². The summed E-state index contributed by atoms with van der Waals surface area (Å²) in [7, 11) is 0. The van der Waals surface area contributed by atoms with Gasteiger partial charge in [0.15, 0.2) is 5.96 Å². The lowest BCUT2D eigenvalue weighted by atomic mass is 10.0. The Morgan fingerprint density at radius 3 is 2.48 bits per heavy atom. The maximum atomic E-state index is 6.16. The molecule has 1 unspecified atom stereocenters. The summed E-state index contributed by atoms with van der Waals surface area (Å²) in [6.45, 7) is 12.6. The predicted octanol–water partition coefficient (Wildman–Crippen LogP) is 3.08. The first-order chi connectivity index (χ1) is 11.1. The monoisotopic (exact) mass is 316 g/mol. The molecule has 128 valence electrons. The van der Waals surface area contributed by atoms with Gasteiger partial charge in [-0.2, -0.15) is 0 Å². The minimum Gasteiger partial charge on any atom is -0.370 e. The molecule has 0 saturated carbocycles. The summed E-state index contributed by atoms with van der Waals surface area (Å²) in [6.07, 6.45) is 2.52. The van der Waals surface area contributed by atoms with Gasteiger partial charge in [-0.1, -0.05) is 45.0 Å². The molecule has 0 bridgehead atoms. The number of nitrogens with two attached hydrogens (primary N) is 1. The van der Waals surface area contributed by atoms with E-state index < -0.39 is 0 Å². The van der Waals surface area contributed by atoms with Gasteiger partial charge in [0.1, 0.15) is 0 Å². The fourth-order valence-corrected chi connectivity index (χ4v) is 3.13. The van der Waals surface area contributed by atoms with E-state index in [-0.39, 0.29) is 0 Å². The number of aliphatic imine (C=N–C) groups is 1. The lowest BCUT2D eigenvalue weighted by Crippen LogP contribution is -2.43. The zero-order valence-corrected chi connectivity index (χ0v) is 15.0. The van der Waals surface area contributed by atoms with Crippen molar-refractivity contribution >= 4 is 5.96 Å². The number of benzene rings is 1. The number of rotatable bonds is 6. The molecule has 1 aromatic rings. The lowest BCUT2D eigenvalue weighted by Gasteiger charge is -2.31. The fourth-order valence-electron chi connectivity index (χ4n) is 3.13. The molecule has 0 spiro atoms. The van der Waals surface area contributed by atoms with Crippen molar-refractivity contribution in [1.29, 1.82) is 0 Å². The smallest absolute Gasteiger partial charge is 0.191 e. The van der Waals surface area contributed by atoms with Crippen LogP contribution in [0.15, 0.2) is 29.3 Å². The molecule has 4 nitrogen and oxygen atoms in total. The van der Waals surface area contributed by atoms with Crippen molar-refractivity contribution in [3.05, 3.63) is 35.4 Å². The molecule has 1 aliphatic heterocycles. The van der Waals surface area contributed by atoms with Crippen LogP contribution in [-0.4, -0.2) is 41.9 Å². The standard InChI is InChI=1S/C19H32N4/c1-4-22(5-2)15-18-10-8-17(9-11-18)13-21-19(20)23-12-6-7-16(3)14-23/h8-11,16H,4-7,12-15H2,1-3H3,(H2,20,21). The summed E-state index contributed by atoms with van der Waals surface area (Å²) in [4.78, 5) is 9.23. The molecular weight excluding hydrogens is 284 g/mol. The molecule has 1 aromatic carbocycles. The van der Waals surface area contributed by atoms with E-state index in [4.69, 9.17) is 5.73 Å². The van der Waals surface area contributed by atoms with Crippen LogP contribution in [0.1, 0.15) is 44.7 Å². The van der Waals surface area contributed by atoms with Gasteiger partial charge in [0.05, 0.1) is 6.54 Å². The zero-order valence-electron chi connectivity index (χ0n) is 15.0. The van der Waals surface area contributed by atoms with Crippen molar-refractivity contribution in [1.82, 2.24) is 9.80 Å². The highest BCUT2D eigenvalue weighted by atomic mass is 15.3. The Balaban J connectivity index is 1.89. The van der Waals surface area contributed by atoms with Crippen LogP contribution in [0.25, 0.3) is 0 Å². The number of hydrogen-bond donors (Lipinski definition) is 1. The van der Waals surface area contributed by atoms with Crippen LogP contribution in [-0.2, 0) is 13.1 Å². The summed E-state index contributed by atoms with van der Waals surface area (Å²) in [5.74, 6) is 1.42. The molecule has 1 aliphatic rings. The first kappa shape index (κ1) is 17.8. The Bertz CT molecular complexity index is 491. The van der Waals surface area contributed by atoms with E-state index in [1.54, 1.807) is 0 Å². The predicted molar refractivity (Wildman–Crippen MR) is 98.4 cm³/mol. The van der Waals surface area contributed by atoms with Crippen LogP contribution in [0.2, 0.25) is 0 Å². The van der Waals surface area contributed by atoms with E-state index in [0.717, 1.165) is 38.6 Å². The van der Waals surface area contributed by atoms with E-state index in [9.17, 15) is 0 Å². The highest BCUT2D eigenvalue weighted by molar-refractivity contribution is 5.78. The first-order valence-corrected chi connectivity index (χ1v) is 8.97. The Hall–Kier alpha value is -1.55. The van der Waals surface area contributed by atoms with Gasteiger partial charge in [0.25, 0.3) is 0 Å². The highest BCUT2D eigenvalue weighted by Gasteiger charge is 2.17. The Morgan fingerprint density at radius 2 is 1.87 bits per heavy atom. The van der Waals surface area contributed by atoms with Gasteiger partial charge in [0, 0.05) is 19.6 Å². The molecule has 1 saturated heterocycles. The fraction of sp³-hybridized carbons (Fsp3) is 0.632. The number of nitrogens with zero attached hydrogens (tertiary/aromatic N) is 3. The van der Waals surface area contributed by atoms with Gasteiger partial charge < -0.3 is 10.6 Å². The van der Waals surface area contributed by atoms with Crippen molar-refractivity contribution in [3.63, 3.8) is 0 Å². The molecular formula is C19H32N4. The third-order valence-corrected chi connectivity index (χ3v) is 4.73. The van der Waals surface area contributed by atoms with E-state index in [2.05, 4.69) is 59.8 Å². The summed E-state index contributed by atoms with van der Waals surface area (Å²) < 4.78 is 0. The van der Waals surface area contributed by atoms with Crippen LogP contribution < -0.4 is 5.73 Å². The molecule has 0 radical (unpaired) electrons. The lowest BCUT2D eigenvalue weighted by molar-refractivity contribution is 0.270. The van der Waals surface area contributed by atoms with Crippen molar-refractivity contribution in [3.8, 4) is 0 Å². The SMILES string of the molecule is CCN(CC)Cc1ccc(CN=C(N)N2CCCC(C)C2)cc1. The normalized spacial score (nSPS) is 19.4. The van der Waals surface area contributed by atoms with E-state index in [1.807, 2.05) is 0 Å². The minimum atomic E-state index is 0.669. The van der Waals surface area contributed by atoms with Gasteiger partial charge in [0.2, 0.25) is 0 Å². The molecule has 0 aliphatic carbocycles. The van der Waals surface area contributed by atoms with Gasteiger partial charge in [-0.15, -0.1) is 0 Å². The molecule has 1 fully saturated rings. The molecule has 4 heteroatoms. The third-order valence-electron chi connectivity index (χ3n) is 4.73. The van der Waals surface area contributed by atoms with Gasteiger partial charge >= 0.3 is 0 Å². The second-order valence-electron chi connectivity index (χ2n) is 6.65. The quantitative estimate of drug-likeness (QED) is 0.648. The maximum Gasteiger partial charge on any atom is 0.191 e. The number of guanidine groups is 1. The van der Waals surface area contributed by atoms with Gasteiger partial charge in [-0.3, -0.25) is 4.90 Å². The average molecular weight is 316 g/mol. The Labute approximate surface area is 141 Å². The second kappa shape index (κ2) is 8.92. The number of likely N-dealkylation sites (tertiary alicyclic amines) is 1. The van der Waals surface area contributed by atoms with Gasteiger partial charge in [-0.05, 0) is 43.0 Å². The largest absolute Gasteiger partial charge is 0.370 e. The van der Waals surface area contributed by atoms with Crippen LogP contribution in [0.3, 0.4) is 0 Å². The Kier molecular flexibility index (Phi) is 6.90.